The van der Waals surface area contributed by atoms with Gasteiger partial charge in [0.2, 0.25) is 0 Å². The van der Waals surface area contributed by atoms with E-state index < -0.39 is 11.9 Å². The van der Waals surface area contributed by atoms with Gasteiger partial charge in [-0.2, -0.15) is 5.06 Å². The molecule has 1 aromatic carbocycles. The molecule has 4 nitrogen and oxygen atoms in total. The normalized spacial score (nSPS) is 21.3. The van der Waals surface area contributed by atoms with Crippen LogP contribution in [0.2, 0.25) is 0 Å². The third-order valence-corrected chi connectivity index (χ3v) is 1.97. The van der Waals surface area contributed by atoms with E-state index in [4.69, 9.17) is 5.73 Å². The smallest absolute Gasteiger partial charge is 0.272 e. The fourth-order valence-corrected chi connectivity index (χ4v) is 1.33. The number of nitrogens with two attached hydrogens (primary N) is 1. The van der Waals surface area contributed by atoms with Crippen molar-refractivity contribution >= 4 is 11.6 Å². The Balaban J connectivity index is 2.59. The molecule has 0 aliphatic carbocycles. The van der Waals surface area contributed by atoms with Crippen LogP contribution in [0.5, 0.6) is 0 Å². The number of para-hydroxylation sites is 1. The predicted molar refractivity (Wildman–Crippen MR) is 42.6 cm³/mol. The lowest BCUT2D eigenvalue weighted by Gasteiger charge is -2.05. The van der Waals surface area contributed by atoms with Crippen molar-refractivity contribution < 1.29 is 10.0 Å². The Bertz CT molecular complexity index is 307. The average molecular weight is 164 g/mol. The summed E-state index contributed by atoms with van der Waals surface area (Å²) in [4.78, 5) is 11.1. The molecule has 0 saturated heterocycles. The summed E-state index contributed by atoms with van der Waals surface area (Å²) in [7, 11) is 0. The van der Waals surface area contributed by atoms with Gasteiger partial charge in [-0.1, -0.05) is 18.2 Å². The summed E-state index contributed by atoms with van der Waals surface area (Å²) in [5.41, 5.74) is 6.68. The quantitative estimate of drug-likeness (QED) is 0.546. The average Bonchev–Trinajstić information content (AvgIpc) is 2.33. The number of nitrogens with zero attached hydrogens (tertiary/aromatic N) is 1. The number of rotatable bonds is 0. The maximum Gasteiger partial charge on any atom is 0.272 e. The van der Waals surface area contributed by atoms with Gasteiger partial charge >= 0.3 is 0 Å². The van der Waals surface area contributed by atoms with Crippen LogP contribution in [-0.2, 0) is 4.79 Å². The topological polar surface area (TPSA) is 66.6 Å². The predicted octanol–water partition coefficient (Wildman–Crippen LogP) is 0.422. The summed E-state index contributed by atoms with van der Waals surface area (Å²) in [5, 5.41) is 9.82. The summed E-state index contributed by atoms with van der Waals surface area (Å²) in [6, 6.07) is 6.19. The molecular weight excluding hydrogens is 156 g/mol. The molecule has 1 amide bonds. The van der Waals surface area contributed by atoms with Crippen molar-refractivity contribution in [2.75, 3.05) is 5.06 Å². The Kier molecular flexibility index (Phi) is 1.39. The van der Waals surface area contributed by atoms with Crippen molar-refractivity contribution in [1.82, 2.24) is 0 Å². The molecule has 0 radical (unpaired) electrons. The first-order valence-electron chi connectivity index (χ1n) is 3.59. The second-order valence-electron chi connectivity index (χ2n) is 2.69. The maximum absolute atomic E-state index is 11.1. The molecule has 12 heavy (non-hydrogen) atoms. The van der Waals surface area contributed by atoms with Gasteiger partial charge in [0.25, 0.3) is 5.91 Å². The largest absolute Gasteiger partial charge is 0.316 e. The fourth-order valence-electron chi connectivity index (χ4n) is 1.33. The van der Waals surface area contributed by atoms with Crippen LogP contribution < -0.4 is 10.8 Å². The highest BCUT2D eigenvalue weighted by molar-refractivity contribution is 6.02. The second kappa shape index (κ2) is 2.30. The molecule has 1 aromatic rings. The summed E-state index contributed by atoms with van der Waals surface area (Å²) >= 11 is 0. The molecule has 0 bridgehead atoms. The van der Waals surface area contributed by atoms with Gasteiger partial charge in [-0.05, 0) is 6.07 Å². The highest BCUT2D eigenvalue weighted by atomic mass is 16.5. The summed E-state index contributed by atoms with van der Waals surface area (Å²) in [5.74, 6) is -0.476. The molecule has 1 aliphatic rings. The Morgan fingerprint density at radius 1 is 1.42 bits per heavy atom. The zero-order chi connectivity index (χ0) is 8.72. The Morgan fingerprint density at radius 3 is 2.75 bits per heavy atom. The number of anilines is 1. The van der Waals surface area contributed by atoms with Crippen molar-refractivity contribution in [3.63, 3.8) is 0 Å². The lowest BCUT2D eigenvalue weighted by Crippen LogP contribution is -2.28. The van der Waals surface area contributed by atoms with Crippen LogP contribution in [0.4, 0.5) is 5.69 Å². The van der Waals surface area contributed by atoms with E-state index in [9.17, 15) is 10.0 Å². The molecule has 1 heterocycles. The van der Waals surface area contributed by atoms with E-state index in [0.29, 0.717) is 16.3 Å². The second-order valence-corrected chi connectivity index (χ2v) is 2.69. The van der Waals surface area contributed by atoms with Crippen LogP contribution in [0.25, 0.3) is 0 Å². The minimum atomic E-state index is -0.716. The number of carbonyl (C=O) groups is 1. The number of fused-ring (bicyclic) bond motifs is 1. The van der Waals surface area contributed by atoms with E-state index >= 15 is 0 Å². The van der Waals surface area contributed by atoms with E-state index in [-0.39, 0.29) is 0 Å². The van der Waals surface area contributed by atoms with Crippen molar-refractivity contribution in [1.29, 1.82) is 0 Å². The van der Waals surface area contributed by atoms with Gasteiger partial charge in [0.05, 0.1) is 5.69 Å². The van der Waals surface area contributed by atoms with Crippen LogP contribution in [0.1, 0.15) is 11.6 Å². The third-order valence-electron chi connectivity index (χ3n) is 1.97. The molecule has 0 unspecified atom stereocenters. The first kappa shape index (κ1) is 7.27. The van der Waals surface area contributed by atoms with E-state index in [1.807, 2.05) is 0 Å². The lowest BCUT2D eigenvalue weighted by molar-refractivity contribution is -0.123. The number of hydrogen-bond acceptors (Lipinski definition) is 3. The first-order valence-corrected chi connectivity index (χ1v) is 3.59. The van der Waals surface area contributed by atoms with E-state index in [0.717, 1.165) is 0 Å². The molecular formula is C8H8N2O2. The summed E-state index contributed by atoms with van der Waals surface area (Å²) < 4.78 is 0. The molecule has 0 fully saturated rings. The van der Waals surface area contributed by atoms with E-state index in [2.05, 4.69) is 0 Å². The van der Waals surface area contributed by atoms with Gasteiger partial charge in [-0.3, -0.25) is 10.0 Å². The molecule has 0 saturated carbocycles. The van der Waals surface area contributed by atoms with Crippen molar-refractivity contribution in [2.45, 2.75) is 6.04 Å². The van der Waals surface area contributed by atoms with Crippen LogP contribution in [-0.4, -0.2) is 11.1 Å². The van der Waals surface area contributed by atoms with Crippen molar-refractivity contribution in [3.8, 4) is 0 Å². The number of amides is 1. The summed E-state index contributed by atoms with van der Waals surface area (Å²) in [6.45, 7) is 0. The molecule has 1 atom stereocenters. The Hall–Kier alpha value is -1.39. The van der Waals surface area contributed by atoms with Gasteiger partial charge in [0, 0.05) is 5.56 Å². The van der Waals surface area contributed by atoms with Crippen LogP contribution in [0, 0.1) is 0 Å². The van der Waals surface area contributed by atoms with E-state index in [1.165, 1.54) is 0 Å². The molecule has 62 valence electrons. The third kappa shape index (κ3) is 0.760. The highest BCUT2D eigenvalue weighted by Gasteiger charge is 2.33. The van der Waals surface area contributed by atoms with Gasteiger partial charge in [-0.15, -0.1) is 0 Å². The van der Waals surface area contributed by atoms with Gasteiger partial charge in [0.1, 0.15) is 6.04 Å². The number of hydrogen-bond donors (Lipinski definition) is 2. The van der Waals surface area contributed by atoms with Crippen LogP contribution in [0.3, 0.4) is 0 Å². The molecule has 0 aromatic heterocycles. The lowest BCUT2D eigenvalue weighted by atomic mass is 10.1. The first-order chi connectivity index (χ1) is 5.72. The molecule has 4 heteroatoms. The maximum atomic E-state index is 11.1. The SMILES string of the molecule is N[C@@H]1C(=O)N(O)c2ccccc21. The monoisotopic (exact) mass is 164 g/mol. The van der Waals surface area contributed by atoms with Gasteiger partial charge in [-0.25, -0.2) is 0 Å². The fraction of sp³-hybridized carbons (Fsp3) is 0.125. The zero-order valence-electron chi connectivity index (χ0n) is 6.27. The van der Waals surface area contributed by atoms with Crippen LogP contribution in [0.15, 0.2) is 24.3 Å². The van der Waals surface area contributed by atoms with Gasteiger partial charge in [0.15, 0.2) is 0 Å². The number of carbonyl (C=O) groups excluding carboxylic acids is 1. The summed E-state index contributed by atoms with van der Waals surface area (Å²) in [6.07, 6.45) is 0. The standard InChI is InChI=1S/C8H8N2O2/c9-7-5-3-1-2-4-6(5)10(12)8(7)11/h1-4,7,12H,9H2/t7-/m0/s1. The van der Waals surface area contributed by atoms with Gasteiger partial charge < -0.3 is 5.73 Å². The molecule has 0 spiro atoms. The molecule has 3 N–H and O–H groups in total. The molecule has 2 rings (SSSR count). The minimum Gasteiger partial charge on any atom is -0.316 e. The number of hydroxylamine groups is 1. The molecule has 1 aliphatic heterocycles. The number of benzene rings is 1. The Labute approximate surface area is 69.2 Å². The van der Waals surface area contributed by atoms with Crippen molar-refractivity contribution in [2.24, 2.45) is 5.73 Å². The van der Waals surface area contributed by atoms with E-state index in [1.54, 1.807) is 24.3 Å². The van der Waals surface area contributed by atoms with Crippen LogP contribution >= 0.6 is 0 Å². The minimum absolute atomic E-state index is 0.476. The Morgan fingerprint density at radius 2 is 2.08 bits per heavy atom. The van der Waals surface area contributed by atoms with Crippen molar-refractivity contribution in [3.05, 3.63) is 29.8 Å². The highest BCUT2D eigenvalue weighted by Crippen LogP contribution is 2.32. The zero-order valence-corrected chi connectivity index (χ0v) is 6.27.